The van der Waals surface area contributed by atoms with Gasteiger partial charge in [-0.15, -0.1) is 0 Å². The number of imidazole rings is 1. The maximum atomic E-state index is 13.6. The normalized spacial score (nSPS) is 16.1. The third kappa shape index (κ3) is 4.61. The number of hydrogen-bond donors (Lipinski definition) is 1. The Labute approximate surface area is 199 Å². The predicted octanol–water partition coefficient (Wildman–Crippen LogP) is 4.77. The zero-order valence-electron chi connectivity index (χ0n) is 18.9. The van der Waals surface area contributed by atoms with E-state index in [1.54, 1.807) is 39.9 Å². The zero-order valence-corrected chi connectivity index (χ0v) is 18.9. The zero-order chi connectivity index (χ0) is 24.6. The van der Waals surface area contributed by atoms with Crippen molar-refractivity contribution >= 4 is 12.2 Å². The summed E-state index contributed by atoms with van der Waals surface area (Å²) in [7, 11) is 0. The van der Waals surface area contributed by atoms with Crippen molar-refractivity contribution in [3.8, 4) is 5.69 Å². The molecule has 1 aromatic carbocycles. The molecule has 4 heterocycles. The molecule has 4 aromatic rings. The van der Waals surface area contributed by atoms with Gasteiger partial charge in [0.25, 0.3) is 0 Å². The molecule has 7 nitrogen and oxygen atoms in total. The average Bonchev–Trinajstić information content (AvgIpc) is 3.47. The highest BCUT2D eigenvalue weighted by Gasteiger charge is 2.37. The van der Waals surface area contributed by atoms with E-state index in [2.05, 4.69) is 20.1 Å². The van der Waals surface area contributed by atoms with Gasteiger partial charge in [-0.2, -0.15) is 18.3 Å². The van der Waals surface area contributed by atoms with Crippen LogP contribution in [-0.4, -0.2) is 34.4 Å². The highest BCUT2D eigenvalue weighted by atomic mass is 19.4. The van der Waals surface area contributed by atoms with E-state index < -0.39 is 17.7 Å². The summed E-state index contributed by atoms with van der Waals surface area (Å²) in [5.74, 6) is 0.453. The Morgan fingerprint density at radius 1 is 1.11 bits per heavy atom. The highest BCUT2D eigenvalue weighted by molar-refractivity contribution is 5.65. The van der Waals surface area contributed by atoms with Crippen LogP contribution >= 0.6 is 0 Å². The first-order chi connectivity index (χ1) is 16.8. The van der Waals surface area contributed by atoms with Crippen molar-refractivity contribution in [2.75, 3.05) is 0 Å². The van der Waals surface area contributed by atoms with Crippen molar-refractivity contribution in [2.24, 2.45) is 0 Å². The van der Waals surface area contributed by atoms with Crippen molar-refractivity contribution in [1.82, 2.24) is 29.3 Å². The Morgan fingerprint density at radius 2 is 1.94 bits per heavy atom. The molecule has 1 unspecified atom stereocenters. The molecule has 180 valence electrons. The quantitative estimate of drug-likeness (QED) is 0.445. The minimum atomic E-state index is -4.43. The van der Waals surface area contributed by atoms with Crippen LogP contribution in [-0.2, 0) is 19.3 Å². The smallest absolute Gasteiger partial charge is 0.390 e. The van der Waals surface area contributed by atoms with Gasteiger partial charge in [0.15, 0.2) is 5.82 Å². The van der Waals surface area contributed by atoms with E-state index in [1.165, 1.54) is 12.1 Å². The van der Waals surface area contributed by atoms with Gasteiger partial charge in [-0.3, -0.25) is 0 Å². The van der Waals surface area contributed by atoms with E-state index >= 15 is 0 Å². The lowest BCUT2D eigenvalue weighted by atomic mass is 9.88. The topological polar surface area (TPSA) is 81.7 Å². The standard InChI is InChI=1S/C25H23F3N6O/c1-16-13-33(15-29-16)22-10-8-17(30-21(22)14-35)9-11-23-31-24-19(6-4-12-34(24)32-23)18-5-2-3-7-20(18)25(26,27)28/h2-3,5,7-11,13,15,19,35H,4,6,12,14H2,1H3. The van der Waals surface area contributed by atoms with E-state index in [0.717, 1.165) is 17.4 Å². The molecule has 1 aliphatic rings. The van der Waals surface area contributed by atoms with Gasteiger partial charge >= 0.3 is 6.18 Å². The van der Waals surface area contributed by atoms with Gasteiger partial charge in [-0.25, -0.2) is 19.6 Å². The first-order valence-corrected chi connectivity index (χ1v) is 11.2. The number of benzene rings is 1. The van der Waals surface area contributed by atoms with Crippen molar-refractivity contribution in [3.05, 3.63) is 88.8 Å². The number of aliphatic hydroxyl groups is 1. The van der Waals surface area contributed by atoms with Gasteiger partial charge < -0.3 is 9.67 Å². The summed E-state index contributed by atoms with van der Waals surface area (Å²) in [6.07, 6.45) is 3.77. The molecule has 5 rings (SSSR count). The molecular formula is C25H23F3N6O. The second kappa shape index (κ2) is 9.10. The van der Waals surface area contributed by atoms with Gasteiger partial charge in [0.05, 0.1) is 41.3 Å². The number of alkyl halides is 3. The lowest BCUT2D eigenvalue weighted by Gasteiger charge is -2.25. The summed E-state index contributed by atoms with van der Waals surface area (Å²) in [4.78, 5) is 13.3. The fourth-order valence-electron chi connectivity index (χ4n) is 4.46. The molecule has 10 heteroatoms. The number of halogens is 3. The summed E-state index contributed by atoms with van der Waals surface area (Å²) >= 11 is 0. The van der Waals surface area contributed by atoms with Crippen LogP contribution in [0.25, 0.3) is 17.8 Å². The molecule has 0 amide bonds. The van der Waals surface area contributed by atoms with E-state index in [-0.39, 0.29) is 12.2 Å². The van der Waals surface area contributed by atoms with Gasteiger partial charge in [0.1, 0.15) is 5.82 Å². The summed E-state index contributed by atoms with van der Waals surface area (Å²) in [5, 5.41) is 14.3. The Bertz CT molecular complexity index is 1390. The van der Waals surface area contributed by atoms with Crippen molar-refractivity contribution in [3.63, 3.8) is 0 Å². The van der Waals surface area contributed by atoms with Crippen LogP contribution in [0.2, 0.25) is 0 Å². The van der Waals surface area contributed by atoms with E-state index in [9.17, 15) is 18.3 Å². The Hall–Kier alpha value is -3.79. The highest BCUT2D eigenvalue weighted by Crippen LogP contribution is 2.40. The van der Waals surface area contributed by atoms with Crippen molar-refractivity contribution in [2.45, 2.75) is 45.0 Å². The van der Waals surface area contributed by atoms with Crippen LogP contribution in [0.3, 0.4) is 0 Å². The van der Waals surface area contributed by atoms with Crippen molar-refractivity contribution < 1.29 is 18.3 Å². The SMILES string of the molecule is Cc1cn(-c2ccc(C=Cc3nc4n(n3)CCCC4c3ccccc3C(F)(F)F)nc2CO)cn1. The van der Waals surface area contributed by atoms with Crippen LogP contribution in [0.1, 0.15) is 58.6 Å². The first kappa shape index (κ1) is 23.0. The molecule has 3 aromatic heterocycles. The summed E-state index contributed by atoms with van der Waals surface area (Å²) in [6.45, 7) is 2.24. The molecule has 0 fully saturated rings. The third-order valence-electron chi connectivity index (χ3n) is 6.05. The van der Waals surface area contributed by atoms with Crippen LogP contribution in [0.15, 0.2) is 48.9 Å². The lowest BCUT2D eigenvalue weighted by Crippen LogP contribution is -2.21. The first-order valence-electron chi connectivity index (χ1n) is 11.2. The van der Waals surface area contributed by atoms with E-state index in [1.807, 2.05) is 19.2 Å². The fraction of sp³-hybridized carbons (Fsp3) is 0.280. The van der Waals surface area contributed by atoms with Crippen LogP contribution in [0.4, 0.5) is 13.2 Å². The van der Waals surface area contributed by atoms with Crippen LogP contribution in [0.5, 0.6) is 0 Å². The molecule has 0 aliphatic carbocycles. The molecule has 1 aliphatic heterocycles. The molecular weight excluding hydrogens is 457 g/mol. The van der Waals surface area contributed by atoms with Crippen LogP contribution < -0.4 is 0 Å². The fourth-order valence-corrected chi connectivity index (χ4v) is 4.46. The number of aryl methyl sites for hydroxylation is 2. The largest absolute Gasteiger partial charge is 0.416 e. The molecule has 0 bridgehead atoms. The minimum Gasteiger partial charge on any atom is -0.390 e. The number of nitrogens with zero attached hydrogens (tertiary/aromatic N) is 6. The third-order valence-corrected chi connectivity index (χ3v) is 6.05. The Kier molecular flexibility index (Phi) is 5.98. The second-order valence-electron chi connectivity index (χ2n) is 8.45. The molecule has 35 heavy (non-hydrogen) atoms. The predicted molar refractivity (Wildman–Crippen MR) is 123 cm³/mol. The Balaban J connectivity index is 1.43. The Morgan fingerprint density at radius 3 is 2.69 bits per heavy atom. The molecule has 0 saturated heterocycles. The van der Waals surface area contributed by atoms with Gasteiger partial charge in [-0.1, -0.05) is 18.2 Å². The maximum Gasteiger partial charge on any atom is 0.416 e. The lowest BCUT2D eigenvalue weighted by molar-refractivity contribution is -0.138. The van der Waals surface area contributed by atoms with E-state index in [0.29, 0.717) is 42.4 Å². The minimum absolute atomic E-state index is 0.225. The van der Waals surface area contributed by atoms with E-state index in [4.69, 9.17) is 0 Å². The van der Waals surface area contributed by atoms with Gasteiger partial charge in [0, 0.05) is 18.7 Å². The average molecular weight is 480 g/mol. The second-order valence-corrected chi connectivity index (χ2v) is 8.45. The number of aromatic nitrogens is 6. The van der Waals surface area contributed by atoms with Crippen LogP contribution in [0, 0.1) is 6.92 Å². The molecule has 1 N–H and O–H groups in total. The number of hydrogen-bond acceptors (Lipinski definition) is 5. The molecule has 0 saturated carbocycles. The number of pyridine rings is 1. The molecule has 0 spiro atoms. The van der Waals surface area contributed by atoms with Gasteiger partial charge in [-0.05, 0) is 55.7 Å². The maximum absolute atomic E-state index is 13.6. The summed E-state index contributed by atoms with van der Waals surface area (Å²) < 4.78 is 44.3. The number of aliphatic hydroxyl groups excluding tert-OH is 1. The number of fused-ring (bicyclic) bond motifs is 1. The van der Waals surface area contributed by atoms with Crippen molar-refractivity contribution in [1.29, 1.82) is 0 Å². The monoisotopic (exact) mass is 480 g/mol. The molecule has 0 radical (unpaired) electrons. The summed E-state index contributed by atoms with van der Waals surface area (Å²) in [6, 6.07) is 9.32. The summed E-state index contributed by atoms with van der Waals surface area (Å²) in [5.41, 5.74) is 2.26. The molecule has 1 atom stereocenters. The number of rotatable bonds is 5. The van der Waals surface area contributed by atoms with Gasteiger partial charge in [0.2, 0.25) is 0 Å².